The number of aryl methyl sites for hydroxylation is 1. The van der Waals surface area contributed by atoms with Gasteiger partial charge in [0.2, 0.25) is 0 Å². The Bertz CT molecular complexity index is 646. The van der Waals surface area contributed by atoms with Crippen LogP contribution in [0.15, 0.2) is 24.5 Å². The van der Waals surface area contributed by atoms with Gasteiger partial charge in [0.25, 0.3) is 5.91 Å². The molecule has 0 spiro atoms. The Hall–Kier alpha value is -2.63. The summed E-state index contributed by atoms with van der Waals surface area (Å²) in [6, 6.07) is 5.51. The van der Waals surface area contributed by atoms with E-state index in [-0.39, 0.29) is 11.4 Å². The van der Waals surface area contributed by atoms with E-state index in [1.807, 2.05) is 26.0 Å². The molecule has 0 saturated heterocycles. The Labute approximate surface area is 109 Å². The normalized spacial score (nSPS) is 10.2. The van der Waals surface area contributed by atoms with E-state index in [1.165, 1.54) is 6.33 Å². The van der Waals surface area contributed by atoms with Crippen molar-refractivity contribution in [1.29, 1.82) is 0 Å². The summed E-state index contributed by atoms with van der Waals surface area (Å²) in [5.41, 5.74) is 2.27. The summed E-state index contributed by atoms with van der Waals surface area (Å²) >= 11 is 0. The maximum atomic E-state index is 12.0. The van der Waals surface area contributed by atoms with E-state index in [0.29, 0.717) is 5.69 Å². The predicted octanol–water partition coefficient (Wildman–Crippen LogP) is 1.98. The Kier molecular flexibility index (Phi) is 3.33. The first kappa shape index (κ1) is 12.8. The van der Waals surface area contributed by atoms with Crippen LogP contribution in [0, 0.1) is 13.8 Å². The number of carboxylic acid groups (broad SMARTS) is 1. The Morgan fingerprint density at radius 1 is 1.32 bits per heavy atom. The molecule has 0 bridgehead atoms. The van der Waals surface area contributed by atoms with E-state index in [1.54, 1.807) is 6.07 Å². The maximum Gasteiger partial charge on any atom is 0.354 e. The number of aromatic carboxylic acids is 1. The Balaban J connectivity index is 2.29. The van der Waals surface area contributed by atoms with Crippen LogP contribution >= 0.6 is 0 Å². The van der Waals surface area contributed by atoms with Crippen LogP contribution in [0.3, 0.4) is 0 Å². The van der Waals surface area contributed by atoms with Crippen LogP contribution in [0.1, 0.15) is 32.1 Å². The molecule has 1 aromatic carbocycles. The first-order chi connectivity index (χ1) is 9.00. The number of hydrogen-bond acceptors (Lipinski definition) is 3. The number of nitrogens with one attached hydrogen (secondary N) is 2. The number of aromatic nitrogens is 2. The lowest BCUT2D eigenvalue weighted by molar-refractivity contribution is 0.0686. The van der Waals surface area contributed by atoms with Crippen molar-refractivity contribution >= 4 is 17.6 Å². The van der Waals surface area contributed by atoms with Gasteiger partial charge < -0.3 is 15.4 Å². The van der Waals surface area contributed by atoms with Gasteiger partial charge in [0.15, 0.2) is 11.4 Å². The number of carbonyl (C=O) groups excluding carboxylic acids is 1. The van der Waals surface area contributed by atoms with Crippen LogP contribution in [0.4, 0.5) is 5.69 Å². The fourth-order valence-electron chi connectivity index (χ4n) is 1.70. The zero-order valence-electron chi connectivity index (χ0n) is 10.5. The van der Waals surface area contributed by atoms with Crippen molar-refractivity contribution in [3.05, 3.63) is 47.0 Å². The Morgan fingerprint density at radius 2 is 2.05 bits per heavy atom. The predicted molar refractivity (Wildman–Crippen MR) is 69.4 cm³/mol. The number of hydrogen-bond donors (Lipinski definition) is 3. The fourth-order valence-corrected chi connectivity index (χ4v) is 1.70. The summed E-state index contributed by atoms with van der Waals surface area (Å²) < 4.78 is 0. The van der Waals surface area contributed by atoms with Gasteiger partial charge >= 0.3 is 5.97 Å². The van der Waals surface area contributed by atoms with Crippen LogP contribution in [0.2, 0.25) is 0 Å². The number of rotatable bonds is 3. The van der Waals surface area contributed by atoms with E-state index < -0.39 is 11.9 Å². The minimum atomic E-state index is -1.22. The summed E-state index contributed by atoms with van der Waals surface area (Å²) in [5, 5.41) is 11.6. The molecule has 0 fully saturated rings. The molecule has 0 saturated carbocycles. The quantitative estimate of drug-likeness (QED) is 0.785. The first-order valence-electron chi connectivity index (χ1n) is 5.65. The summed E-state index contributed by atoms with van der Waals surface area (Å²) in [5.74, 6) is -1.77. The number of amides is 1. The van der Waals surface area contributed by atoms with E-state index in [0.717, 1.165) is 11.1 Å². The maximum absolute atomic E-state index is 12.0. The molecule has 19 heavy (non-hydrogen) atoms. The SMILES string of the molecule is Cc1cccc(NC(=O)c2nc[nH]c2C(=O)O)c1C. The smallest absolute Gasteiger partial charge is 0.354 e. The van der Waals surface area contributed by atoms with Gasteiger partial charge in [-0.1, -0.05) is 12.1 Å². The van der Waals surface area contributed by atoms with Crippen LogP contribution < -0.4 is 5.32 Å². The van der Waals surface area contributed by atoms with Gasteiger partial charge in [-0.15, -0.1) is 0 Å². The third-order valence-electron chi connectivity index (χ3n) is 2.92. The highest BCUT2D eigenvalue weighted by molar-refractivity contribution is 6.08. The molecular formula is C13H13N3O3. The highest BCUT2D eigenvalue weighted by atomic mass is 16.4. The van der Waals surface area contributed by atoms with Crippen molar-refractivity contribution in [2.45, 2.75) is 13.8 Å². The molecule has 0 radical (unpaired) electrons. The monoisotopic (exact) mass is 259 g/mol. The molecule has 0 aliphatic heterocycles. The number of imidazole rings is 1. The molecule has 2 rings (SSSR count). The number of carboxylic acids is 1. The second kappa shape index (κ2) is 4.93. The number of H-pyrrole nitrogens is 1. The number of aromatic amines is 1. The number of benzene rings is 1. The van der Waals surface area contributed by atoms with Crippen molar-refractivity contribution in [3.63, 3.8) is 0 Å². The second-order valence-electron chi connectivity index (χ2n) is 4.13. The van der Waals surface area contributed by atoms with E-state index >= 15 is 0 Å². The number of nitrogens with zero attached hydrogens (tertiary/aromatic N) is 1. The largest absolute Gasteiger partial charge is 0.477 e. The van der Waals surface area contributed by atoms with Crippen LogP contribution in [0.5, 0.6) is 0 Å². The third kappa shape index (κ3) is 2.47. The van der Waals surface area contributed by atoms with Gasteiger partial charge in [-0.05, 0) is 31.0 Å². The Morgan fingerprint density at radius 3 is 2.74 bits per heavy atom. The van der Waals surface area contributed by atoms with Gasteiger partial charge in [-0.25, -0.2) is 9.78 Å². The molecular weight excluding hydrogens is 246 g/mol. The average molecular weight is 259 g/mol. The number of carbonyl (C=O) groups is 2. The summed E-state index contributed by atoms with van der Waals surface area (Å²) in [4.78, 5) is 29.1. The van der Waals surface area contributed by atoms with Gasteiger partial charge in [0.1, 0.15) is 0 Å². The molecule has 0 unspecified atom stereocenters. The van der Waals surface area contributed by atoms with Crippen molar-refractivity contribution in [3.8, 4) is 0 Å². The molecule has 0 atom stereocenters. The molecule has 0 aliphatic rings. The highest BCUT2D eigenvalue weighted by Gasteiger charge is 2.20. The third-order valence-corrected chi connectivity index (χ3v) is 2.92. The second-order valence-corrected chi connectivity index (χ2v) is 4.13. The lowest BCUT2D eigenvalue weighted by Crippen LogP contribution is -2.17. The topological polar surface area (TPSA) is 95.1 Å². The molecule has 1 amide bonds. The lowest BCUT2D eigenvalue weighted by Gasteiger charge is -2.09. The van der Waals surface area contributed by atoms with E-state index in [9.17, 15) is 9.59 Å². The minimum Gasteiger partial charge on any atom is -0.477 e. The zero-order chi connectivity index (χ0) is 14.0. The molecule has 98 valence electrons. The molecule has 6 nitrogen and oxygen atoms in total. The van der Waals surface area contributed by atoms with Crippen molar-refractivity contribution in [1.82, 2.24) is 9.97 Å². The van der Waals surface area contributed by atoms with Crippen LogP contribution in [-0.4, -0.2) is 27.0 Å². The van der Waals surface area contributed by atoms with Gasteiger partial charge in [0, 0.05) is 5.69 Å². The lowest BCUT2D eigenvalue weighted by atomic mass is 10.1. The van der Waals surface area contributed by atoms with Crippen LogP contribution in [-0.2, 0) is 0 Å². The van der Waals surface area contributed by atoms with E-state index in [4.69, 9.17) is 5.11 Å². The molecule has 1 heterocycles. The van der Waals surface area contributed by atoms with Gasteiger partial charge in [-0.2, -0.15) is 0 Å². The molecule has 2 aromatic rings. The van der Waals surface area contributed by atoms with E-state index in [2.05, 4.69) is 15.3 Å². The summed E-state index contributed by atoms with van der Waals surface area (Å²) in [6.45, 7) is 3.82. The molecule has 0 aliphatic carbocycles. The number of anilines is 1. The molecule has 6 heteroatoms. The van der Waals surface area contributed by atoms with Crippen molar-refractivity contribution in [2.75, 3.05) is 5.32 Å². The van der Waals surface area contributed by atoms with Gasteiger partial charge in [-0.3, -0.25) is 4.79 Å². The fraction of sp³-hybridized carbons (Fsp3) is 0.154. The highest BCUT2D eigenvalue weighted by Crippen LogP contribution is 2.19. The summed E-state index contributed by atoms with van der Waals surface area (Å²) in [7, 11) is 0. The first-order valence-corrected chi connectivity index (χ1v) is 5.65. The zero-order valence-corrected chi connectivity index (χ0v) is 10.5. The summed E-state index contributed by atoms with van der Waals surface area (Å²) in [6.07, 6.45) is 1.18. The molecule has 3 N–H and O–H groups in total. The van der Waals surface area contributed by atoms with Crippen LogP contribution in [0.25, 0.3) is 0 Å². The standard InChI is InChI=1S/C13H13N3O3/c1-7-4-3-5-9(8(7)2)16-12(17)10-11(13(18)19)15-6-14-10/h3-6H,1-2H3,(H,14,15)(H,16,17)(H,18,19). The average Bonchev–Trinajstić information content (AvgIpc) is 2.84. The van der Waals surface area contributed by atoms with Crippen molar-refractivity contribution in [2.24, 2.45) is 0 Å². The van der Waals surface area contributed by atoms with Gasteiger partial charge in [0.05, 0.1) is 6.33 Å². The van der Waals surface area contributed by atoms with Crippen molar-refractivity contribution < 1.29 is 14.7 Å². The minimum absolute atomic E-state index is 0.131. The molecule has 1 aromatic heterocycles.